The van der Waals surface area contributed by atoms with Crippen LogP contribution in [0.1, 0.15) is 20.8 Å². The van der Waals surface area contributed by atoms with Crippen LogP contribution in [0.3, 0.4) is 0 Å². The molecule has 0 spiro atoms. The minimum atomic E-state index is -4.79. The lowest BCUT2D eigenvalue weighted by molar-refractivity contribution is -0.322. The van der Waals surface area contributed by atoms with Crippen molar-refractivity contribution in [3.63, 3.8) is 0 Å². The van der Waals surface area contributed by atoms with Crippen molar-refractivity contribution in [2.24, 2.45) is 5.41 Å². The Labute approximate surface area is 84.6 Å². The average molecular weight is 227 g/mol. The average Bonchev–Trinajstić information content (AvgIpc) is 2.01. The van der Waals surface area contributed by atoms with Crippen LogP contribution in [-0.4, -0.2) is 18.1 Å². The van der Waals surface area contributed by atoms with Crippen molar-refractivity contribution in [2.75, 3.05) is 0 Å². The number of halogens is 4. The van der Waals surface area contributed by atoms with E-state index in [4.69, 9.17) is 0 Å². The third kappa shape index (κ3) is 3.53. The van der Waals surface area contributed by atoms with Crippen LogP contribution in [0.5, 0.6) is 0 Å². The number of hydrogen-bond donors (Lipinski definition) is 0. The Morgan fingerprint density at radius 3 is 1.93 bits per heavy atom. The molecule has 0 bridgehead atoms. The Morgan fingerprint density at radius 1 is 1.27 bits per heavy atom. The van der Waals surface area contributed by atoms with E-state index in [0.717, 1.165) is 0 Å². The molecule has 0 aromatic heterocycles. The van der Waals surface area contributed by atoms with Gasteiger partial charge in [-0.2, -0.15) is 8.78 Å². The van der Waals surface area contributed by atoms with E-state index in [2.05, 4.69) is 0 Å². The summed E-state index contributed by atoms with van der Waals surface area (Å²) in [4.78, 5) is 10.7. The molecule has 0 heterocycles. The molecular weight excluding hydrogens is 216 g/mol. The van der Waals surface area contributed by atoms with Gasteiger partial charge in [0.2, 0.25) is 5.78 Å². The first-order valence-corrected chi connectivity index (χ1v) is 4.09. The SMILES string of the molecule is CC(C)(C)/C([O-])=C/C(=O)C(F)(F)C(F)F. The number of alkyl halides is 4. The highest BCUT2D eigenvalue weighted by molar-refractivity contribution is 5.96. The monoisotopic (exact) mass is 227 g/mol. The van der Waals surface area contributed by atoms with Crippen LogP contribution in [0.2, 0.25) is 0 Å². The molecule has 0 N–H and O–H groups in total. The molecule has 15 heavy (non-hydrogen) atoms. The summed E-state index contributed by atoms with van der Waals surface area (Å²) in [5.41, 5.74) is -1.05. The summed E-state index contributed by atoms with van der Waals surface area (Å²) in [5.74, 6) is -7.86. The third-order valence-corrected chi connectivity index (χ3v) is 1.60. The summed E-state index contributed by atoms with van der Waals surface area (Å²) in [6.07, 6.45) is -4.07. The molecule has 0 radical (unpaired) electrons. The summed E-state index contributed by atoms with van der Waals surface area (Å²) >= 11 is 0. The van der Waals surface area contributed by atoms with E-state index in [1.807, 2.05) is 0 Å². The number of ketones is 1. The van der Waals surface area contributed by atoms with Crippen LogP contribution in [0.25, 0.3) is 0 Å². The maximum absolute atomic E-state index is 12.4. The van der Waals surface area contributed by atoms with Gasteiger partial charge >= 0.3 is 12.3 Å². The Balaban J connectivity index is 4.92. The molecule has 0 aliphatic carbocycles. The predicted octanol–water partition coefficient (Wildman–Crippen LogP) is 1.75. The summed E-state index contributed by atoms with van der Waals surface area (Å²) in [6.45, 7) is 4.17. The first-order valence-electron chi connectivity index (χ1n) is 4.09. The van der Waals surface area contributed by atoms with Gasteiger partial charge in [0.15, 0.2) is 0 Å². The summed E-state index contributed by atoms with van der Waals surface area (Å²) < 4.78 is 48.2. The zero-order valence-electron chi connectivity index (χ0n) is 8.48. The highest BCUT2D eigenvalue weighted by Crippen LogP contribution is 2.27. The Morgan fingerprint density at radius 2 is 1.67 bits per heavy atom. The van der Waals surface area contributed by atoms with E-state index in [0.29, 0.717) is 0 Å². The van der Waals surface area contributed by atoms with Crippen molar-refractivity contribution in [2.45, 2.75) is 33.1 Å². The van der Waals surface area contributed by atoms with Crippen molar-refractivity contribution < 1.29 is 27.5 Å². The second kappa shape index (κ2) is 4.20. The molecule has 0 aliphatic rings. The topological polar surface area (TPSA) is 40.1 Å². The molecule has 0 aromatic rings. The van der Waals surface area contributed by atoms with Gasteiger partial charge < -0.3 is 5.11 Å². The number of hydrogen-bond acceptors (Lipinski definition) is 2. The third-order valence-electron chi connectivity index (χ3n) is 1.60. The molecular formula is C9H11F4O2-. The lowest BCUT2D eigenvalue weighted by atomic mass is 9.92. The van der Waals surface area contributed by atoms with Gasteiger partial charge in [0.25, 0.3) is 0 Å². The summed E-state index contributed by atoms with van der Waals surface area (Å²) in [7, 11) is 0. The number of carbonyl (C=O) groups is 1. The Bertz CT molecular complexity index is 276. The first kappa shape index (κ1) is 13.9. The molecule has 0 unspecified atom stereocenters. The van der Waals surface area contributed by atoms with Gasteiger partial charge in [0.1, 0.15) is 0 Å². The van der Waals surface area contributed by atoms with Gasteiger partial charge in [-0.1, -0.05) is 20.8 Å². The normalized spacial score (nSPS) is 14.5. The van der Waals surface area contributed by atoms with Crippen LogP contribution in [-0.2, 0) is 4.79 Å². The number of rotatable bonds is 3. The minimum Gasteiger partial charge on any atom is -0.875 e. The highest BCUT2D eigenvalue weighted by Gasteiger charge is 2.47. The van der Waals surface area contributed by atoms with Gasteiger partial charge in [-0.3, -0.25) is 4.79 Å². The molecule has 0 aliphatic heterocycles. The van der Waals surface area contributed by atoms with Crippen LogP contribution < -0.4 is 5.11 Å². The fraction of sp³-hybridized carbons (Fsp3) is 0.667. The van der Waals surface area contributed by atoms with Crippen LogP contribution in [0.15, 0.2) is 11.8 Å². The zero-order chi connectivity index (χ0) is 12.4. The molecule has 0 fully saturated rings. The molecule has 0 rings (SSSR count). The fourth-order valence-electron chi connectivity index (χ4n) is 0.539. The lowest BCUT2D eigenvalue weighted by Crippen LogP contribution is -2.36. The van der Waals surface area contributed by atoms with Gasteiger partial charge in [-0.05, 0) is 11.5 Å². The lowest BCUT2D eigenvalue weighted by Gasteiger charge is -2.28. The molecule has 0 aromatic carbocycles. The fourth-order valence-corrected chi connectivity index (χ4v) is 0.539. The Hall–Kier alpha value is -1.07. The Kier molecular flexibility index (Phi) is 3.90. The standard InChI is InChI=1S/C9H12F4O2/c1-8(2,3)5(14)4-6(15)9(12,13)7(10)11/h4,7,14H,1-3H3/p-1/b5-4-. The van der Waals surface area contributed by atoms with E-state index in [-0.39, 0.29) is 6.08 Å². The van der Waals surface area contributed by atoms with Crippen LogP contribution in [0.4, 0.5) is 17.6 Å². The highest BCUT2D eigenvalue weighted by atomic mass is 19.3. The van der Waals surface area contributed by atoms with E-state index in [1.165, 1.54) is 20.8 Å². The second-order valence-electron chi connectivity index (χ2n) is 4.05. The van der Waals surface area contributed by atoms with Gasteiger partial charge in [-0.25, -0.2) is 8.78 Å². The van der Waals surface area contributed by atoms with Crippen molar-refractivity contribution in [3.8, 4) is 0 Å². The quantitative estimate of drug-likeness (QED) is 0.418. The van der Waals surface area contributed by atoms with Crippen molar-refractivity contribution >= 4 is 5.78 Å². The minimum absolute atomic E-state index is 0.0339. The van der Waals surface area contributed by atoms with E-state index < -0.39 is 29.3 Å². The van der Waals surface area contributed by atoms with Gasteiger partial charge in [0, 0.05) is 0 Å². The van der Waals surface area contributed by atoms with Crippen molar-refractivity contribution in [1.29, 1.82) is 0 Å². The van der Waals surface area contributed by atoms with E-state index in [9.17, 15) is 27.5 Å². The first-order chi connectivity index (χ1) is 6.49. The molecule has 0 atom stereocenters. The number of allylic oxidation sites excluding steroid dienone is 2. The summed E-state index contributed by atoms with van der Waals surface area (Å²) in [6, 6.07) is 0. The van der Waals surface area contributed by atoms with Crippen molar-refractivity contribution in [3.05, 3.63) is 11.8 Å². The van der Waals surface area contributed by atoms with Crippen LogP contribution >= 0.6 is 0 Å². The molecule has 0 saturated heterocycles. The molecule has 88 valence electrons. The molecule has 2 nitrogen and oxygen atoms in total. The zero-order valence-corrected chi connectivity index (χ0v) is 8.48. The molecule has 0 amide bonds. The van der Waals surface area contributed by atoms with Crippen molar-refractivity contribution in [1.82, 2.24) is 0 Å². The predicted molar refractivity (Wildman–Crippen MR) is 43.5 cm³/mol. The largest absolute Gasteiger partial charge is 0.875 e. The van der Waals surface area contributed by atoms with E-state index >= 15 is 0 Å². The molecule has 6 heteroatoms. The molecule has 0 saturated carbocycles. The smallest absolute Gasteiger partial charge is 0.368 e. The van der Waals surface area contributed by atoms with Crippen LogP contribution in [0, 0.1) is 5.41 Å². The number of carbonyl (C=O) groups excluding carboxylic acids is 1. The summed E-state index contributed by atoms with van der Waals surface area (Å²) in [5, 5.41) is 11.1. The maximum Gasteiger partial charge on any atom is 0.368 e. The second-order valence-corrected chi connectivity index (χ2v) is 4.05. The van der Waals surface area contributed by atoms with Gasteiger partial charge in [-0.15, -0.1) is 5.76 Å². The van der Waals surface area contributed by atoms with Gasteiger partial charge in [0.05, 0.1) is 0 Å². The maximum atomic E-state index is 12.4. The van der Waals surface area contributed by atoms with E-state index in [1.54, 1.807) is 0 Å².